The molecule has 0 spiro atoms. The van der Waals surface area contributed by atoms with E-state index in [4.69, 9.17) is 16.3 Å². The Morgan fingerprint density at radius 2 is 2.00 bits per heavy atom. The van der Waals surface area contributed by atoms with Gasteiger partial charge in [-0.3, -0.25) is 9.69 Å². The van der Waals surface area contributed by atoms with Crippen molar-refractivity contribution in [1.82, 2.24) is 9.21 Å². The number of anilines is 1. The zero-order valence-electron chi connectivity index (χ0n) is 16.4. The number of amides is 1. The highest BCUT2D eigenvalue weighted by Crippen LogP contribution is 2.28. The zero-order chi connectivity index (χ0) is 20.3. The Labute approximate surface area is 172 Å². The second-order valence-electron chi connectivity index (χ2n) is 7.54. The largest absolute Gasteiger partial charge is 0.376 e. The summed E-state index contributed by atoms with van der Waals surface area (Å²) in [4.78, 5) is 14.8. The van der Waals surface area contributed by atoms with E-state index in [0.29, 0.717) is 43.4 Å². The molecule has 1 aromatic carbocycles. The average molecular weight is 430 g/mol. The third-order valence-electron chi connectivity index (χ3n) is 5.28. The number of morpholine rings is 1. The molecule has 2 saturated heterocycles. The van der Waals surface area contributed by atoms with E-state index in [0.717, 1.165) is 19.4 Å². The molecule has 156 valence electrons. The number of sulfonamides is 1. The summed E-state index contributed by atoms with van der Waals surface area (Å²) in [7, 11) is -3.56. The van der Waals surface area contributed by atoms with E-state index in [1.165, 1.54) is 22.5 Å². The molecule has 2 aliphatic heterocycles. The lowest BCUT2D eigenvalue weighted by Crippen LogP contribution is -2.48. The highest BCUT2D eigenvalue weighted by molar-refractivity contribution is 7.89. The van der Waals surface area contributed by atoms with E-state index >= 15 is 0 Å². The topological polar surface area (TPSA) is 79.0 Å². The van der Waals surface area contributed by atoms with Gasteiger partial charge in [-0.05, 0) is 44.9 Å². The fourth-order valence-electron chi connectivity index (χ4n) is 3.58. The normalized spacial score (nSPS) is 24.4. The SMILES string of the molecule is CC1CN(CCC(=O)Nc2cc(S(=O)(=O)N3CCCC3)ccc2Cl)C(C)CO1. The van der Waals surface area contributed by atoms with Crippen LogP contribution in [-0.2, 0) is 19.6 Å². The lowest BCUT2D eigenvalue weighted by atomic mass is 10.2. The third-order valence-corrected chi connectivity index (χ3v) is 7.50. The molecule has 28 heavy (non-hydrogen) atoms. The number of nitrogens with one attached hydrogen (secondary N) is 1. The van der Waals surface area contributed by atoms with Gasteiger partial charge >= 0.3 is 0 Å². The lowest BCUT2D eigenvalue weighted by molar-refractivity contribution is -0.117. The molecule has 2 heterocycles. The van der Waals surface area contributed by atoms with Gasteiger partial charge in [-0.15, -0.1) is 0 Å². The Bertz CT molecular complexity index is 811. The maximum Gasteiger partial charge on any atom is 0.243 e. The number of benzene rings is 1. The fraction of sp³-hybridized carbons (Fsp3) is 0.632. The summed E-state index contributed by atoms with van der Waals surface area (Å²) >= 11 is 6.19. The van der Waals surface area contributed by atoms with E-state index < -0.39 is 10.0 Å². The molecule has 3 rings (SSSR count). The van der Waals surface area contributed by atoms with Crippen LogP contribution in [0.25, 0.3) is 0 Å². The van der Waals surface area contributed by atoms with Crippen molar-refractivity contribution in [3.8, 4) is 0 Å². The van der Waals surface area contributed by atoms with Crippen LogP contribution in [0.15, 0.2) is 23.1 Å². The van der Waals surface area contributed by atoms with Crippen LogP contribution in [-0.4, -0.2) is 68.5 Å². The van der Waals surface area contributed by atoms with Crippen LogP contribution in [0.5, 0.6) is 0 Å². The first-order chi connectivity index (χ1) is 13.3. The first-order valence-corrected chi connectivity index (χ1v) is 11.5. The lowest BCUT2D eigenvalue weighted by Gasteiger charge is -2.36. The van der Waals surface area contributed by atoms with Crippen molar-refractivity contribution < 1.29 is 17.9 Å². The van der Waals surface area contributed by atoms with Crippen LogP contribution in [0.3, 0.4) is 0 Å². The maximum atomic E-state index is 12.7. The van der Waals surface area contributed by atoms with Gasteiger partial charge in [0, 0.05) is 38.6 Å². The standard InChI is InChI=1S/C19H28ClN3O4S/c1-14-13-27-15(2)12-22(14)10-7-19(24)21-18-11-16(5-6-17(18)20)28(25,26)23-8-3-4-9-23/h5-6,11,14-15H,3-4,7-10,12-13H2,1-2H3,(H,21,24). The molecule has 1 N–H and O–H groups in total. The summed E-state index contributed by atoms with van der Waals surface area (Å²) in [6, 6.07) is 4.73. The minimum absolute atomic E-state index is 0.154. The molecule has 9 heteroatoms. The Morgan fingerprint density at radius 1 is 1.29 bits per heavy atom. The zero-order valence-corrected chi connectivity index (χ0v) is 17.9. The smallest absolute Gasteiger partial charge is 0.243 e. The molecule has 2 fully saturated rings. The van der Waals surface area contributed by atoms with Gasteiger partial charge in [0.15, 0.2) is 0 Å². The van der Waals surface area contributed by atoms with Crippen LogP contribution in [0.4, 0.5) is 5.69 Å². The number of nitrogens with zero attached hydrogens (tertiary/aromatic N) is 2. The van der Waals surface area contributed by atoms with Gasteiger partial charge < -0.3 is 10.1 Å². The maximum absolute atomic E-state index is 12.7. The highest BCUT2D eigenvalue weighted by atomic mass is 35.5. The number of carbonyl (C=O) groups excluding carboxylic acids is 1. The first kappa shape index (κ1) is 21.5. The molecule has 1 aromatic rings. The van der Waals surface area contributed by atoms with Gasteiger partial charge in [-0.2, -0.15) is 4.31 Å². The molecule has 2 unspecified atom stereocenters. The number of halogens is 1. The molecular formula is C19H28ClN3O4S. The minimum Gasteiger partial charge on any atom is -0.376 e. The van der Waals surface area contributed by atoms with E-state index in [9.17, 15) is 13.2 Å². The third kappa shape index (κ3) is 5.04. The Kier molecular flexibility index (Phi) is 6.98. The van der Waals surface area contributed by atoms with Crippen LogP contribution in [0.2, 0.25) is 5.02 Å². The highest BCUT2D eigenvalue weighted by Gasteiger charge is 2.28. The second kappa shape index (κ2) is 9.09. The van der Waals surface area contributed by atoms with Gasteiger partial charge in [-0.1, -0.05) is 11.6 Å². The van der Waals surface area contributed by atoms with Crippen molar-refractivity contribution in [2.75, 3.05) is 38.1 Å². The van der Waals surface area contributed by atoms with E-state index in [1.807, 2.05) is 6.92 Å². The molecule has 2 atom stereocenters. The second-order valence-corrected chi connectivity index (χ2v) is 9.88. The summed E-state index contributed by atoms with van der Waals surface area (Å²) in [6.45, 7) is 7.22. The van der Waals surface area contributed by atoms with Crippen molar-refractivity contribution in [2.24, 2.45) is 0 Å². The van der Waals surface area contributed by atoms with Gasteiger partial charge in [0.2, 0.25) is 15.9 Å². The van der Waals surface area contributed by atoms with Crippen molar-refractivity contribution >= 4 is 33.2 Å². The molecule has 0 aromatic heterocycles. The predicted octanol–water partition coefficient (Wildman–Crippen LogP) is 2.56. The monoisotopic (exact) mass is 429 g/mol. The van der Waals surface area contributed by atoms with Crippen LogP contribution < -0.4 is 5.32 Å². The fourth-order valence-corrected chi connectivity index (χ4v) is 5.29. The first-order valence-electron chi connectivity index (χ1n) is 9.72. The van der Waals surface area contributed by atoms with E-state index in [1.54, 1.807) is 0 Å². The van der Waals surface area contributed by atoms with E-state index in [-0.39, 0.29) is 22.9 Å². The summed E-state index contributed by atoms with van der Waals surface area (Å²) in [5, 5.41) is 3.09. The molecule has 0 aliphatic carbocycles. The number of carbonyl (C=O) groups is 1. The number of ether oxygens (including phenoxy) is 1. The predicted molar refractivity (Wildman–Crippen MR) is 109 cm³/mol. The van der Waals surface area contributed by atoms with Gasteiger partial charge in [0.05, 0.1) is 28.3 Å². The molecule has 2 aliphatic rings. The van der Waals surface area contributed by atoms with Crippen LogP contribution in [0.1, 0.15) is 33.1 Å². The van der Waals surface area contributed by atoms with Crippen molar-refractivity contribution in [2.45, 2.75) is 50.2 Å². The Balaban J connectivity index is 1.64. The Morgan fingerprint density at radius 3 is 2.71 bits per heavy atom. The summed E-state index contributed by atoms with van der Waals surface area (Å²) in [5.41, 5.74) is 0.329. The van der Waals surface area contributed by atoms with Gasteiger partial charge in [-0.25, -0.2) is 8.42 Å². The average Bonchev–Trinajstić information content (AvgIpc) is 3.20. The number of hydrogen-bond acceptors (Lipinski definition) is 5. The molecular weight excluding hydrogens is 402 g/mol. The van der Waals surface area contributed by atoms with Gasteiger partial charge in [0.25, 0.3) is 0 Å². The van der Waals surface area contributed by atoms with Crippen LogP contribution >= 0.6 is 11.6 Å². The summed E-state index contributed by atoms with van der Waals surface area (Å²) in [5.74, 6) is -0.191. The Hall–Kier alpha value is -1.19. The van der Waals surface area contributed by atoms with Gasteiger partial charge in [0.1, 0.15) is 0 Å². The summed E-state index contributed by atoms with van der Waals surface area (Å²) in [6.07, 6.45) is 2.20. The molecule has 0 bridgehead atoms. The minimum atomic E-state index is -3.56. The molecule has 7 nitrogen and oxygen atoms in total. The molecule has 0 radical (unpaired) electrons. The number of rotatable bonds is 6. The van der Waals surface area contributed by atoms with Crippen molar-refractivity contribution in [3.05, 3.63) is 23.2 Å². The summed E-state index contributed by atoms with van der Waals surface area (Å²) < 4.78 is 32.5. The molecule has 1 amide bonds. The van der Waals surface area contributed by atoms with Crippen molar-refractivity contribution in [1.29, 1.82) is 0 Å². The molecule has 0 saturated carbocycles. The van der Waals surface area contributed by atoms with E-state index in [2.05, 4.69) is 17.1 Å². The number of hydrogen-bond donors (Lipinski definition) is 1. The van der Waals surface area contributed by atoms with Crippen molar-refractivity contribution in [3.63, 3.8) is 0 Å². The quantitative estimate of drug-likeness (QED) is 0.751. The van der Waals surface area contributed by atoms with Crippen LogP contribution in [0, 0.1) is 0 Å².